The molecule has 1 N–H and O–H groups in total. The van der Waals surface area contributed by atoms with Gasteiger partial charge in [0.1, 0.15) is 0 Å². The summed E-state index contributed by atoms with van der Waals surface area (Å²) >= 11 is 0. The van der Waals surface area contributed by atoms with Gasteiger partial charge in [0.2, 0.25) is 0 Å². The number of nitrogens with one attached hydrogen (secondary N) is 1. The number of rotatable bonds is 11. The van der Waals surface area contributed by atoms with Gasteiger partial charge < -0.3 is 24.3 Å². The van der Waals surface area contributed by atoms with Gasteiger partial charge in [-0.3, -0.25) is 4.99 Å². The average molecular weight is 372 g/mol. The zero-order valence-electron chi connectivity index (χ0n) is 16.5. The highest BCUT2D eigenvalue weighted by atomic mass is 16.5. The van der Waals surface area contributed by atoms with Gasteiger partial charge >= 0.3 is 0 Å². The number of hydrogen-bond donors (Lipinski definition) is 1. The van der Waals surface area contributed by atoms with Crippen molar-refractivity contribution in [3.8, 4) is 23.0 Å². The van der Waals surface area contributed by atoms with Crippen LogP contribution in [0.4, 0.5) is 0 Å². The highest BCUT2D eigenvalue weighted by molar-refractivity contribution is 5.54. The first-order valence-corrected chi connectivity index (χ1v) is 8.85. The summed E-state index contributed by atoms with van der Waals surface area (Å²) in [6.45, 7) is 1.51. The van der Waals surface area contributed by atoms with Gasteiger partial charge in [0, 0.05) is 13.1 Å². The van der Waals surface area contributed by atoms with Crippen molar-refractivity contribution in [2.75, 3.05) is 41.5 Å². The molecule has 0 bridgehead atoms. The van der Waals surface area contributed by atoms with Crippen molar-refractivity contribution in [3.63, 3.8) is 0 Å². The van der Waals surface area contributed by atoms with Crippen LogP contribution in [0.25, 0.3) is 0 Å². The number of ether oxygens (including phenoxy) is 4. The number of hydrogen-bond acceptors (Lipinski definition) is 5. The molecule has 0 aliphatic carbocycles. The van der Waals surface area contributed by atoms with E-state index >= 15 is 0 Å². The maximum atomic E-state index is 5.32. The summed E-state index contributed by atoms with van der Waals surface area (Å²) < 4.78 is 21.1. The Labute approximate surface area is 161 Å². The summed E-state index contributed by atoms with van der Waals surface area (Å²) in [5, 5.41) is 3.22. The predicted octanol–water partition coefficient (Wildman–Crippen LogP) is 3.12. The summed E-state index contributed by atoms with van der Waals surface area (Å²) in [5.74, 6) is 2.97. The first-order valence-electron chi connectivity index (χ1n) is 8.85. The fraction of sp³-hybridized carbons (Fsp3) is 0.381. The normalized spacial score (nSPS) is 10.7. The average Bonchev–Trinajstić information content (AvgIpc) is 2.72. The van der Waals surface area contributed by atoms with E-state index in [0.29, 0.717) is 6.54 Å². The first-order chi connectivity index (χ1) is 13.2. The van der Waals surface area contributed by atoms with Crippen molar-refractivity contribution in [2.24, 2.45) is 4.99 Å². The van der Waals surface area contributed by atoms with E-state index in [-0.39, 0.29) is 0 Å². The van der Waals surface area contributed by atoms with Crippen LogP contribution < -0.4 is 24.3 Å². The minimum absolute atomic E-state index is 0.707. The Kier molecular flexibility index (Phi) is 8.29. The zero-order valence-corrected chi connectivity index (χ0v) is 16.5. The van der Waals surface area contributed by atoms with Crippen LogP contribution in [0.15, 0.2) is 41.4 Å². The monoisotopic (exact) mass is 372 g/mol. The van der Waals surface area contributed by atoms with Crippen LogP contribution in [0, 0.1) is 0 Å². The van der Waals surface area contributed by atoms with Crippen LogP contribution in [-0.4, -0.2) is 47.9 Å². The molecule has 0 unspecified atom stereocenters. The van der Waals surface area contributed by atoms with Crippen LogP contribution >= 0.6 is 0 Å². The maximum absolute atomic E-state index is 5.32. The molecule has 0 atom stereocenters. The lowest BCUT2D eigenvalue weighted by atomic mass is 10.1. The third-order valence-corrected chi connectivity index (χ3v) is 4.17. The van der Waals surface area contributed by atoms with Gasteiger partial charge in [0.05, 0.1) is 34.8 Å². The molecule has 0 aromatic heterocycles. The summed E-state index contributed by atoms with van der Waals surface area (Å²) in [6, 6.07) is 11.9. The Morgan fingerprint density at radius 2 is 1.26 bits per heavy atom. The fourth-order valence-corrected chi connectivity index (χ4v) is 2.68. The maximum Gasteiger partial charge on any atom is 0.160 e. The van der Waals surface area contributed by atoms with Crippen molar-refractivity contribution in [3.05, 3.63) is 47.5 Å². The van der Waals surface area contributed by atoms with Crippen molar-refractivity contribution < 1.29 is 18.9 Å². The van der Waals surface area contributed by atoms with Crippen molar-refractivity contribution in [1.29, 1.82) is 0 Å². The quantitative estimate of drug-likeness (QED) is 0.373. The molecular formula is C21H28N2O4. The molecule has 0 radical (unpaired) electrons. The molecule has 6 nitrogen and oxygen atoms in total. The number of aliphatic imine (C=N–C) groups is 1. The lowest BCUT2D eigenvalue weighted by Crippen LogP contribution is -2.15. The predicted molar refractivity (Wildman–Crippen MR) is 108 cm³/mol. The molecule has 0 aliphatic rings. The van der Waals surface area contributed by atoms with Crippen LogP contribution in [0.3, 0.4) is 0 Å². The number of nitrogens with zero attached hydrogens (tertiary/aromatic N) is 1. The minimum atomic E-state index is 0.707. The molecule has 2 aromatic carbocycles. The van der Waals surface area contributed by atoms with Crippen LogP contribution in [-0.2, 0) is 12.8 Å². The van der Waals surface area contributed by atoms with E-state index in [1.165, 1.54) is 5.56 Å². The summed E-state index contributed by atoms with van der Waals surface area (Å²) in [7, 11) is 6.56. The molecule has 0 amide bonds. The highest BCUT2D eigenvalue weighted by Crippen LogP contribution is 2.28. The summed E-state index contributed by atoms with van der Waals surface area (Å²) in [6.07, 6.45) is 3.48. The molecule has 0 saturated carbocycles. The second-order valence-corrected chi connectivity index (χ2v) is 5.87. The van der Waals surface area contributed by atoms with E-state index < -0.39 is 0 Å². The third kappa shape index (κ3) is 6.09. The topological polar surface area (TPSA) is 61.3 Å². The Hall–Kier alpha value is -2.89. The van der Waals surface area contributed by atoms with Crippen LogP contribution in [0.1, 0.15) is 11.1 Å². The molecule has 2 aromatic rings. The Morgan fingerprint density at radius 3 is 1.78 bits per heavy atom. The lowest BCUT2D eigenvalue weighted by molar-refractivity contribution is 0.354. The molecule has 0 fully saturated rings. The molecule has 6 heteroatoms. The Bertz CT molecular complexity index is 747. The van der Waals surface area contributed by atoms with Gasteiger partial charge in [0.15, 0.2) is 23.0 Å². The molecule has 0 heterocycles. The van der Waals surface area contributed by atoms with Gasteiger partial charge in [-0.05, 0) is 48.2 Å². The summed E-state index contributed by atoms with van der Waals surface area (Å²) in [5.41, 5.74) is 2.34. The summed E-state index contributed by atoms with van der Waals surface area (Å²) in [4.78, 5) is 4.40. The van der Waals surface area contributed by atoms with Crippen molar-refractivity contribution >= 4 is 6.34 Å². The lowest BCUT2D eigenvalue weighted by Gasteiger charge is -2.09. The number of benzene rings is 2. The molecule has 27 heavy (non-hydrogen) atoms. The van der Waals surface area contributed by atoms with E-state index in [4.69, 9.17) is 18.9 Å². The van der Waals surface area contributed by atoms with E-state index in [1.807, 2.05) is 36.4 Å². The van der Waals surface area contributed by atoms with E-state index in [1.54, 1.807) is 34.8 Å². The van der Waals surface area contributed by atoms with Gasteiger partial charge in [-0.15, -0.1) is 0 Å². The first kappa shape index (κ1) is 20.4. The second kappa shape index (κ2) is 11.0. The number of methoxy groups -OCH3 is 4. The van der Waals surface area contributed by atoms with Crippen molar-refractivity contribution in [2.45, 2.75) is 12.8 Å². The van der Waals surface area contributed by atoms with Crippen LogP contribution in [0.5, 0.6) is 23.0 Å². The van der Waals surface area contributed by atoms with E-state index in [2.05, 4.69) is 10.3 Å². The molecular weight excluding hydrogens is 344 g/mol. The molecule has 146 valence electrons. The second-order valence-electron chi connectivity index (χ2n) is 5.87. The van der Waals surface area contributed by atoms with Gasteiger partial charge in [-0.2, -0.15) is 0 Å². The smallest absolute Gasteiger partial charge is 0.160 e. The van der Waals surface area contributed by atoms with Gasteiger partial charge in [-0.1, -0.05) is 12.1 Å². The Balaban J connectivity index is 1.72. The fourth-order valence-electron chi connectivity index (χ4n) is 2.68. The largest absolute Gasteiger partial charge is 0.493 e. The van der Waals surface area contributed by atoms with E-state index in [9.17, 15) is 0 Å². The molecule has 2 rings (SSSR count). The highest BCUT2D eigenvalue weighted by Gasteiger charge is 2.05. The standard InChI is InChI=1S/C21H28N2O4/c1-24-18-7-5-16(13-20(18)26-3)9-11-22-15-23-12-10-17-6-8-19(25-2)21(14-17)27-4/h5-8,13-15H,9-12H2,1-4H3,(H,22,23). The third-order valence-electron chi connectivity index (χ3n) is 4.17. The van der Waals surface area contributed by atoms with Crippen LogP contribution in [0.2, 0.25) is 0 Å². The van der Waals surface area contributed by atoms with Gasteiger partial charge in [-0.25, -0.2) is 0 Å². The zero-order chi connectivity index (χ0) is 19.5. The van der Waals surface area contributed by atoms with E-state index in [0.717, 1.165) is 47.9 Å². The molecule has 0 saturated heterocycles. The molecule has 0 aliphatic heterocycles. The Morgan fingerprint density at radius 1 is 0.741 bits per heavy atom. The van der Waals surface area contributed by atoms with Gasteiger partial charge in [0.25, 0.3) is 0 Å². The molecule has 0 spiro atoms. The SMILES string of the molecule is COc1ccc(CCN=CNCCc2ccc(OC)c(OC)c2)cc1OC. The van der Waals surface area contributed by atoms with Crippen molar-refractivity contribution in [1.82, 2.24) is 5.32 Å². The minimum Gasteiger partial charge on any atom is -0.493 e.